The summed E-state index contributed by atoms with van der Waals surface area (Å²) >= 11 is 5.67. The van der Waals surface area contributed by atoms with Crippen molar-refractivity contribution in [1.29, 1.82) is 0 Å². The van der Waals surface area contributed by atoms with Crippen molar-refractivity contribution < 1.29 is 35.9 Å². The van der Waals surface area contributed by atoms with Gasteiger partial charge in [0, 0.05) is 12.1 Å². The van der Waals surface area contributed by atoms with Gasteiger partial charge < -0.3 is 9.47 Å². The van der Waals surface area contributed by atoms with Crippen LogP contribution in [0.5, 0.6) is 11.5 Å². The lowest BCUT2D eigenvalue weighted by Gasteiger charge is -2.12. The molecule has 0 saturated heterocycles. The fourth-order valence-electron chi connectivity index (χ4n) is 2.12. The van der Waals surface area contributed by atoms with E-state index in [0.29, 0.717) is 4.09 Å². The number of benzene rings is 2. The van der Waals surface area contributed by atoms with E-state index >= 15 is 0 Å². The van der Waals surface area contributed by atoms with Crippen LogP contribution in [0.4, 0.5) is 23.2 Å². The lowest BCUT2D eigenvalue weighted by atomic mass is 10.1. The van der Waals surface area contributed by atoms with Crippen molar-refractivity contribution in [3.63, 3.8) is 0 Å². The zero-order valence-electron chi connectivity index (χ0n) is 13.6. The van der Waals surface area contributed by atoms with Gasteiger partial charge in [-0.3, -0.25) is 0 Å². The van der Waals surface area contributed by atoms with Gasteiger partial charge in [-0.15, -0.1) is 0 Å². The van der Waals surface area contributed by atoms with Gasteiger partial charge in [-0.25, -0.2) is 9.18 Å². The first-order valence-corrected chi connectivity index (χ1v) is 7.49. The van der Waals surface area contributed by atoms with Crippen LogP contribution in [0.2, 0.25) is 0 Å². The van der Waals surface area contributed by atoms with Crippen LogP contribution in [0.3, 0.4) is 0 Å². The fraction of sp³-hybridized carbons (Fsp3) is 0.176. The highest BCUT2D eigenvalue weighted by molar-refractivity contribution is 6.08. The third kappa shape index (κ3) is 4.72. The van der Waals surface area contributed by atoms with Gasteiger partial charge in [0.25, 0.3) is 18.0 Å². The van der Waals surface area contributed by atoms with E-state index in [1.165, 1.54) is 31.2 Å². The summed E-state index contributed by atoms with van der Waals surface area (Å²) in [5, 5.41) is 0. The van der Waals surface area contributed by atoms with Crippen molar-refractivity contribution in [3.05, 3.63) is 53.3 Å². The SMILES string of the molecule is COC(=O)c1ccc(F)cc1Oc1cccc(/[N+](Cl)=C\C(F)(F)F)c1C. The molecule has 0 bridgehead atoms. The summed E-state index contributed by atoms with van der Waals surface area (Å²) in [5.74, 6) is -1.46. The number of methoxy groups -OCH3 is 1. The molecule has 2 rings (SSSR count). The van der Waals surface area contributed by atoms with Crippen molar-refractivity contribution in [2.45, 2.75) is 13.1 Å². The minimum atomic E-state index is -4.62. The first kappa shape index (κ1) is 19.7. The van der Waals surface area contributed by atoms with Crippen LogP contribution in [0.15, 0.2) is 36.4 Å². The molecule has 0 unspecified atom stereocenters. The second kappa shape index (κ2) is 7.74. The molecule has 0 atom stereocenters. The van der Waals surface area contributed by atoms with E-state index in [2.05, 4.69) is 4.74 Å². The van der Waals surface area contributed by atoms with Gasteiger partial charge in [-0.1, -0.05) is 10.2 Å². The largest absolute Gasteiger partial charge is 0.471 e. The summed E-state index contributed by atoms with van der Waals surface area (Å²) in [4.78, 5) is 11.8. The summed E-state index contributed by atoms with van der Waals surface area (Å²) in [7, 11) is 1.15. The molecule has 4 nitrogen and oxygen atoms in total. The smallest absolute Gasteiger partial charge is 0.465 e. The average molecular weight is 391 g/mol. The van der Waals surface area contributed by atoms with Crippen LogP contribution < -0.4 is 4.74 Å². The van der Waals surface area contributed by atoms with Gasteiger partial charge in [0.15, 0.2) is 0 Å². The second-order valence-corrected chi connectivity index (χ2v) is 5.48. The maximum Gasteiger partial charge on any atom is 0.471 e. The normalized spacial score (nSPS) is 12.0. The average Bonchev–Trinajstić information content (AvgIpc) is 2.54. The molecule has 9 heteroatoms. The number of hydrogen-bond acceptors (Lipinski definition) is 3. The predicted octanol–water partition coefficient (Wildman–Crippen LogP) is 5.14. The van der Waals surface area contributed by atoms with Crippen molar-refractivity contribution in [2.75, 3.05) is 7.11 Å². The lowest BCUT2D eigenvalue weighted by Crippen LogP contribution is -2.14. The fourth-order valence-corrected chi connectivity index (χ4v) is 2.41. The van der Waals surface area contributed by atoms with Crippen LogP contribution in [0, 0.1) is 12.7 Å². The Balaban J connectivity index is 2.47. The number of hydrogen-bond donors (Lipinski definition) is 0. The first-order chi connectivity index (χ1) is 12.1. The van der Waals surface area contributed by atoms with Gasteiger partial charge in [0.2, 0.25) is 5.69 Å². The third-order valence-corrected chi connectivity index (χ3v) is 3.59. The molecule has 0 fully saturated rings. The standard InChI is InChI=1S/C17H13ClF4NO3/c1-10-13(23(18)9-17(20,21)22)4-3-5-14(10)26-15-8-11(19)6-7-12(15)16(24)25-2/h3-9H,1-2H3/q+1/b23-9+. The highest BCUT2D eigenvalue weighted by atomic mass is 35.5. The Bertz CT molecular complexity index is 866. The number of ether oxygens (including phenoxy) is 2. The molecule has 0 aliphatic heterocycles. The number of carbonyl (C=O) groups is 1. The molecule has 2 aromatic carbocycles. The molecule has 0 amide bonds. The minimum Gasteiger partial charge on any atom is -0.465 e. The van der Waals surface area contributed by atoms with Crippen molar-refractivity contribution in [1.82, 2.24) is 0 Å². The third-order valence-electron chi connectivity index (χ3n) is 3.31. The Labute approximate surface area is 151 Å². The predicted molar refractivity (Wildman–Crippen MR) is 86.9 cm³/mol. The number of carbonyl (C=O) groups excluding carboxylic acids is 1. The maximum atomic E-state index is 13.5. The van der Waals surface area contributed by atoms with Gasteiger partial charge in [0.05, 0.1) is 12.7 Å². The molecule has 0 spiro atoms. The number of rotatable bonds is 4. The maximum absolute atomic E-state index is 13.5. The highest BCUT2D eigenvalue weighted by Gasteiger charge is 2.32. The van der Waals surface area contributed by atoms with Crippen molar-refractivity contribution in [3.8, 4) is 11.5 Å². The zero-order chi connectivity index (χ0) is 19.5. The molecule has 0 saturated carbocycles. The summed E-state index contributed by atoms with van der Waals surface area (Å²) in [6, 6.07) is 7.42. The van der Waals surface area contributed by atoms with E-state index < -0.39 is 18.0 Å². The first-order valence-electron chi connectivity index (χ1n) is 7.15. The Hall–Kier alpha value is -2.61. The van der Waals surface area contributed by atoms with Crippen molar-refractivity contribution >= 4 is 29.6 Å². The van der Waals surface area contributed by atoms with Crippen LogP contribution in [-0.4, -0.2) is 29.6 Å². The number of halogens is 5. The summed E-state index contributed by atoms with van der Waals surface area (Å²) in [6.45, 7) is 1.47. The van der Waals surface area contributed by atoms with E-state index in [-0.39, 0.29) is 34.5 Å². The monoisotopic (exact) mass is 390 g/mol. The topological polar surface area (TPSA) is 38.5 Å². The Morgan fingerprint density at radius 2 is 1.88 bits per heavy atom. The zero-order valence-corrected chi connectivity index (χ0v) is 14.4. The molecular weight excluding hydrogens is 378 g/mol. The van der Waals surface area contributed by atoms with Crippen LogP contribution in [-0.2, 0) is 4.74 Å². The number of alkyl halides is 3. The van der Waals surface area contributed by atoms with Gasteiger partial charge >= 0.3 is 12.1 Å². The molecular formula is C17H13ClF4NO3+. The summed E-state index contributed by atoms with van der Waals surface area (Å²) in [6.07, 6.45) is -4.74. The Morgan fingerprint density at radius 3 is 2.50 bits per heavy atom. The van der Waals surface area contributed by atoms with E-state index in [9.17, 15) is 22.4 Å². The number of nitrogens with zero attached hydrogens (tertiary/aromatic N) is 1. The molecule has 0 aliphatic rings. The second-order valence-electron chi connectivity index (χ2n) is 5.12. The molecule has 2 aromatic rings. The van der Waals surface area contributed by atoms with Crippen LogP contribution in [0.25, 0.3) is 0 Å². The molecule has 0 heterocycles. The van der Waals surface area contributed by atoms with E-state index in [1.807, 2.05) is 0 Å². The van der Waals surface area contributed by atoms with Crippen LogP contribution in [0.1, 0.15) is 15.9 Å². The summed E-state index contributed by atoms with van der Waals surface area (Å²) in [5.41, 5.74) is 0.226. The quantitative estimate of drug-likeness (QED) is 0.314. The molecule has 0 aromatic heterocycles. The van der Waals surface area contributed by atoms with Gasteiger partial charge in [0.1, 0.15) is 22.9 Å². The highest BCUT2D eigenvalue weighted by Crippen LogP contribution is 2.34. The van der Waals surface area contributed by atoms with Gasteiger partial charge in [-0.2, -0.15) is 13.2 Å². The van der Waals surface area contributed by atoms with Gasteiger partial charge in [-0.05, 0) is 25.1 Å². The van der Waals surface area contributed by atoms with E-state index in [4.69, 9.17) is 16.5 Å². The number of esters is 1. The molecule has 0 aliphatic carbocycles. The molecule has 0 N–H and O–H groups in total. The molecule has 138 valence electrons. The van der Waals surface area contributed by atoms with E-state index in [0.717, 1.165) is 19.2 Å². The Morgan fingerprint density at radius 1 is 1.19 bits per heavy atom. The molecule has 0 radical (unpaired) electrons. The van der Waals surface area contributed by atoms with E-state index in [1.54, 1.807) is 0 Å². The lowest BCUT2D eigenvalue weighted by molar-refractivity contribution is -0.278. The minimum absolute atomic E-state index is 0.0116. The van der Waals surface area contributed by atoms with Crippen LogP contribution >= 0.6 is 11.8 Å². The Kier molecular flexibility index (Phi) is 5.86. The summed E-state index contributed by atoms with van der Waals surface area (Å²) < 4.78 is 61.5. The van der Waals surface area contributed by atoms with Crippen molar-refractivity contribution in [2.24, 2.45) is 0 Å². The molecule has 26 heavy (non-hydrogen) atoms.